The zero-order valence-electron chi connectivity index (χ0n) is 19.8. The first-order valence-electron chi connectivity index (χ1n) is 11.8. The Morgan fingerprint density at radius 2 is 2.14 bits per heavy atom. The van der Waals surface area contributed by atoms with Gasteiger partial charge >= 0.3 is 0 Å². The van der Waals surface area contributed by atoms with Gasteiger partial charge in [-0.1, -0.05) is 34.1 Å². The van der Waals surface area contributed by atoms with Gasteiger partial charge in [0.25, 0.3) is 0 Å². The molecular weight excluding hydrogens is 528 g/mol. The summed E-state index contributed by atoms with van der Waals surface area (Å²) in [5.41, 5.74) is 2.41. The van der Waals surface area contributed by atoms with Crippen molar-refractivity contribution in [2.24, 2.45) is 16.0 Å². The highest BCUT2D eigenvalue weighted by atomic mass is 79.9. The molecule has 8 nitrogen and oxygen atoms in total. The van der Waals surface area contributed by atoms with Crippen LogP contribution in [0, 0.1) is 12.8 Å². The summed E-state index contributed by atoms with van der Waals surface area (Å²) in [5, 5.41) is 10.1. The number of hydrogen-bond acceptors (Lipinski definition) is 6. The SMILES string of the molecule is Cc1cccc(S(=O)(=O)N2CCCC(C3=CC(=NCc4cccnc4)N4N=CC(Br)C4(C)N3)C2)c1. The van der Waals surface area contributed by atoms with E-state index in [1.807, 2.05) is 48.6 Å². The van der Waals surface area contributed by atoms with E-state index in [0.717, 1.165) is 35.5 Å². The van der Waals surface area contributed by atoms with Crippen LogP contribution in [0.15, 0.2) is 75.6 Å². The van der Waals surface area contributed by atoms with Crippen molar-refractivity contribution in [1.29, 1.82) is 0 Å². The number of benzene rings is 1. The van der Waals surface area contributed by atoms with E-state index >= 15 is 0 Å². The predicted octanol–water partition coefficient (Wildman–Crippen LogP) is 3.66. The number of nitrogens with zero attached hydrogens (tertiary/aromatic N) is 5. The van der Waals surface area contributed by atoms with Crippen molar-refractivity contribution in [1.82, 2.24) is 19.6 Å². The van der Waals surface area contributed by atoms with Crippen molar-refractivity contribution in [2.45, 2.75) is 48.6 Å². The van der Waals surface area contributed by atoms with Crippen LogP contribution >= 0.6 is 15.9 Å². The van der Waals surface area contributed by atoms with E-state index in [2.05, 4.69) is 38.3 Å². The maximum atomic E-state index is 13.4. The number of hydrazone groups is 1. The lowest BCUT2D eigenvalue weighted by atomic mass is 9.92. The number of fused-ring (bicyclic) bond motifs is 1. The van der Waals surface area contributed by atoms with Gasteiger partial charge in [0.15, 0.2) is 0 Å². The second-order valence-electron chi connectivity index (χ2n) is 9.40. The Bertz CT molecular complexity index is 1300. The summed E-state index contributed by atoms with van der Waals surface area (Å²) < 4.78 is 28.4. The minimum atomic E-state index is -3.56. The second-order valence-corrected chi connectivity index (χ2v) is 12.3. The van der Waals surface area contributed by atoms with Gasteiger partial charge in [-0.3, -0.25) is 9.98 Å². The van der Waals surface area contributed by atoms with Gasteiger partial charge in [-0.15, -0.1) is 0 Å². The minimum absolute atomic E-state index is 0.0296. The van der Waals surface area contributed by atoms with Crippen molar-refractivity contribution >= 4 is 38.0 Å². The number of rotatable bonds is 5. The van der Waals surface area contributed by atoms with Gasteiger partial charge in [-0.25, -0.2) is 13.4 Å². The van der Waals surface area contributed by atoms with Crippen LogP contribution in [0.1, 0.15) is 30.9 Å². The monoisotopic (exact) mass is 556 g/mol. The molecule has 5 rings (SSSR count). The molecule has 35 heavy (non-hydrogen) atoms. The van der Waals surface area contributed by atoms with Gasteiger partial charge in [-0.05, 0) is 56.0 Å². The summed E-state index contributed by atoms with van der Waals surface area (Å²) in [5.74, 6) is 0.785. The fourth-order valence-electron chi connectivity index (χ4n) is 4.79. The Morgan fingerprint density at radius 1 is 1.29 bits per heavy atom. The normalized spacial score (nSPS) is 28.0. The maximum Gasteiger partial charge on any atom is 0.243 e. The molecule has 3 aliphatic rings. The highest BCUT2D eigenvalue weighted by molar-refractivity contribution is 9.10. The quantitative estimate of drug-likeness (QED) is 0.567. The number of nitrogens with one attached hydrogen (secondary N) is 1. The third-order valence-electron chi connectivity index (χ3n) is 6.79. The fourth-order valence-corrected chi connectivity index (χ4v) is 6.83. The summed E-state index contributed by atoms with van der Waals surface area (Å²) in [6, 6.07) is 11.0. The van der Waals surface area contributed by atoms with Crippen LogP contribution in [0.2, 0.25) is 0 Å². The van der Waals surface area contributed by atoms with Gasteiger partial charge in [0.2, 0.25) is 10.0 Å². The Morgan fingerprint density at radius 3 is 2.91 bits per heavy atom. The van der Waals surface area contributed by atoms with Gasteiger partial charge < -0.3 is 5.32 Å². The van der Waals surface area contributed by atoms with Crippen LogP contribution in [0.25, 0.3) is 0 Å². The average Bonchev–Trinajstić information content (AvgIpc) is 3.17. The summed E-state index contributed by atoms with van der Waals surface area (Å²) in [7, 11) is -3.56. The molecule has 1 fully saturated rings. The molecule has 0 aliphatic carbocycles. The molecule has 10 heteroatoms. The lowest BCUT2D eigenvalue weighted by Crippen LogP contribution is -2.62. The van der Waals surface area contributed by atoms with E-state index in [1.54, 1.807) is 28.7 Å². The summed E-state index contributed by atoms with van der Waals surface area (Å²) in [6.07, 6.45) is 9.14. The standard InChI is InChI=1S/C25H29BrN6O2S/c1-18-6-3-9-21(12-18)35(33,34)31-11-5-8-20(17-31)22-13-24(28-15-19-7-4-10-27-14-19)32-25(2,30-22)23(26)16-29-32/h3-4,6-7,9-10,12-14,16,20,23,30H,5,8,11,15,17H2,1-2H3. The molecule has 4 heterocycles. The van der Waals surface area contributed by atoms with Crippen molar-refractivity contribution in [3.8, 4) is 0 Å². The molecule has 1 aromatic heterocycles. The van der Waals surface area contributed by atoms with E-state index in [4.69, 9.17) is 4.99 Å². The zero-order valence-corrected chi connectivity index (χ0v) is 22.2. The number of aryl methyl sites for hydroxylation is 1. The van der Waals surface area contributed by atoms with Crippen LogP contribution in [-0.4, -0.2) is 58.3 Å². The molecule has 0 spiro atoms. The second kappa shape index (κ2) is 9.48. The summed E-state index contributed by atoms with van der Waals surface area (Å²) in [6.45, 7) is 5.43. The van der Waals surface area contributed by atoms with Gasteiger partial charge in [-0.2, -0.15) is 9.41 Å². The number of aromatic nitrogens is 1. The Labute approximate surface area is 215 Å². The van der Waals surface area contributed by atoms with Crippen molar-refractivity contribution in [3.63, 3.8) is 0 Å². The Balaban J connectivity index is 1.43. The maximum absolute atomic E-state index is 13.4. The number of halogens is 1. The molecule has 0 radical (unpaired) electrons. The van der Waals surface area contributed by atoms with Crippen LogP contribution in [0.4, 0.5) is 0 Å². The molecule has 2 aromatic rings. The van der Waals surface area contributed by atoms with Crippen LogP contribution in [0.5, 0.6) is 0 Å². The van der Waals surface area contributed by atoms with Crippen LogP contribution < -0.4 is 5.32 Å². The Kier molecular flexibility index (Phi) is 6.54. The zero-order chi connectivity index (χ0) is 24.6. The number of alkyl halides is 1. The first kappa shape index (κ1) is 24.1. The number of aliphatic imine (C=N–C) groups is 1. The lowest BCUT2D eigenvalue weighted by molar-refractivity contribution is 0.178. The molecule has 0 amide bonds. The van der Waals surface area contributed by atoms with E-state index in [-0.39, 0.29) is 10.7 Å². The van der Waals surface area contributed by atoms with Gasteiger partial charge in [0, 0.05) is 49.4 Å². The number of hydrogen-bond donors (Lipinski definition) is 1. The van der Waals surface area contributed by atoms with Gasteiger partial charge in [0.05, 0.1) is 16.3 Å². The third-order valence-corrected chi connectivity index (χ3v) is 9.78. The number of amidine groups is 1. The first-order valence-corrected chi connectivity index (χ1v) is 14.1. The molecule has 1 aromatic carbocycles. The topological polar surface area (TPSA) is 90.3 Å². The average molecular weight is 558 g/mol. The smallest absolute Gasteiger partial charge is 0.243 e. The van der Waals surface area contributed by atoms with E-state index in [1.165, 1.54) is 0 Å². The summed E-state index contributed by atoms with van der Waals surface area (Å²) >= 11 is 3.74. The van der Waals surface area contributed by atoms with Crippen LogP contribution in [-0.2, 0) is 16.6 Å². The first-order chi connectivity index (χ1) is 16.8. The van der Waals surface area contributed by atoms with Gasteiger partial charge in [0.1, 0.15) is 11.5 Å². The molecule has 3 atom stereocenters. The summed E-state index contributed by atoms with van der Waals surface area (Å²) in [4.78, 5) is 9.37. The van der Waals surface area contributed by atoms with Crippen LogP contribution in [0.3, 0.4) is 0 Å². The van der Waals surface area contributed by atoms with E-state index in [9.17, 15) is 8.42 Å². The highest BCUT2D eigenvalue weighted by Crippen LogP contribution is 2.36. The Hall–Kier alpha value is -2.56. The molecule has 3 unspecified atom stereocenters. The molecule has 1 N–H and O–H groups in total. The number of sulfonamides is 1. The number of pyridine rings is 1. The van der Waals surface area contributed by atoms with Crippen molar-refractivity contribution in [3.05, 3.63) is 71.7 Å². The third kappa shape index (κ3) is 4.66. The van der Waals surface area contributed by atoms with Crippen molar-refractivity contribution in [2.75, 3.05) is 13.1 Å². The van der Waals surface area contributed by atoms with E-state index in [0.29, 0.717) is 24.5 Å². The molecule has 3 aliphatic heterocycles. The largest absolute Gasteiger partial charge is 0.363 e. The predicted molar refractivity (Wildman–Crippen MR) is 141 cm³/mol. The molecule has 1 saturated heterocycles. The molecule has 0 saturated carbocycles. The fraction of sp³-hybridized carbons (Fsp3) is 0.400. The number of piperidine rings is 1. The highest BCUT2D eigenvalue weighted by Gasteiger charge is 2.48. The lowest BCUT2D eigenvalue weighted by Gasteiger charge is -2.45. The minimum Gasteiger partial charge on any atom is -0.363 e. The molecular formula is C25H29BrN6O2S. The molecule has 184 valence electrons. The molecule has 0 bridgehead atoms. The van der Waals surface area contributed by atoms with Crippen molar-refractivity contribution < 1.29 is 8.42 Å². The van der Waals surface area contributed by atoms with E-state index < -0.39 is 15.7 Å².